The van der Waals surface area contributed by atoms with Crippen molar-refractivity contribution in [2.45, 2.75) is 32.7 Å². The second-order valence-electron chi connectivity index (χ2n) is 4.04. The fraction of sp³-hybridized carbons (Fsp3) is 0.417. The Labute approximate surface area is 95.5 Å². The lowest BCUT2D eigenvalue weighted by molar-refractivity contribution is -0.116. The van der Waals surface area contributed by atoms with E-state index < -0.39 is 0 Å². The van der Waals surface area contributed by atoms with Gasteiger partial charge in [-0.25, -0.2) is 0 Å². The maximum Gasteiger partial charge on any atom is 0.224 e. The number of rotatable bonds is 4. The first kappa shape index (κ1) is 12.5. The van der Waals surface area contributed by atoms with E-state index in [0.29, 0.717) is 18.5 Å². The number of hydrogen-bond donors (Lipinski definition) is 3. The Kier molecular flexibility index (Phi) is 4.31. The van der Waals surface area contributed by atoms with Gasteiger partial charge in [-0.15, -0.1) is 0 Å². The van der Waals surface area contributed by atoms with Gasteiger partial charge in [0.05, 0.1) is 5.69 Å². The Balaban J connectivity index is 2.59. The number of para-hydroxylation sites is 1. The average molecular weight is 222 g/mol. The van der Waals surface area contributed by atoms with Gasteiger partial charge in [0.2, 0.25) is 5.91 Å². The number of amides is 1. The van der Waals surface area contributed by atoms with Crippen molar-refractivity contribution in [3.05, 3.63) is 23.8 Å². The summed E-state index contributed by atoms with van der Waals surface area (Å²) < 4.78 is 0. The number of aryl methyl sites for hydroxylation is 1. The van der Waals surface area contributed by atoms with Crippen molar-refractivity contribution in [1.29, 1.82) is 0 Å². The number of anilines is 1. The highest BCUT2D eigenvalue weighted by Gasteiger charge is 2.08. The SMILES string of the molecule is Cc1cccc(NC(=O)CCC(C)N)c1O. The molecule has 1 aromatic carbocycles. The van der Waals surface area contributed by atoms with Crippen molar-refractivity contribution in [1.82, 2.24) is 0 Å². The molecule has 16 heavy (non-hydrogen) atoms. The Bertz CT molecular complexity index is 375. The van der Waals surface area contributed by atoms with Gasteiger partial charge in [0, 0.05) is 12.5 Å². The van der Waals surface area contributed by atoms with Crippen LogP contribution in [0.5, 0.6) is 5.75 Å². The molecule has 1 rings (SSSR count). The monoisotopic (exact) mass is 222 g/mol. The Morgan fingerprint density at radius 2 is 2.25 bits per heavy atom. The highest BCUT2D eigenvalue weighted by atomic mass is 16.3. The largest absolute Gasteiger partial charge is 0.505 e. The molecule has 88 valence electrons. The quantitative estimate of drug-likeness (QED) is 0.679. The minimum absolute atomic E-state index is 0.0110. The minimum Gasteiger partial charge on any atom is -0.505 e. The molecule has 0 aliphatic carbocycles. The van der Waals surface area contributed by atoms with E-state index in [9.17, 15) is 9.90 Å². The van der Waals surface area contributed by atoms with E-state index in [1.54, 1.807) is 25.1 Å². The van der Waals surface area contributed by atoms with E-state index in [0.717, 1.165) is 5.56 Å². The molecule has 0 fully saturated rings. The van der Waals surface area contributed by atoms with E-state index >= 15 is 0 Å². The van der Waals surface area contributed by atoms with Crippen molar-refractivity contribution in [2.24, 2.45) is 5.73 Å². The van der Waals surface area contributed by atoms with Crippen LogP contribution in [-0.2, 0) is 4.79 Å². The Morgan fingerprint density at radius 3 is 2.88 bits per heavy atom. The normalized spacial score (nSPS) is 12.2. The van der Waals surface area contributed by atoms with Crippen LogP contribution in [0.25, 0.3) is 0 Å². The number of carbonyl (C=O) groups is 1. The molecule has 1 atom stereocenters. The number of phenols is 1. The third-order valence-corrected chi connectivity index (χ3v) is 2.34. The lowest BCUT2D eigenvalue weighted by atomic mass is 10.1. The van der Waals surface area contributed by atoms with Gasteiger partial charge in [-0.05, 0) is 31.9 Å². The molecule has 4 nitrogen and oxygen atoms in total. The fourth-order valence-electron chi connectivity index (χ4n) is 1.33. The van der Waals surface area contributed by atoms with Gasteiger partial charge in [-0.1, -0.05) is 12.1 Å². The van der Waals surface area contributed by atoms with Crippen molar-refractivity contribution >= 4 is 11.6 Å². The zero-order valence-electron chi connectivity index (χ0n) is 9.66. The summed E-state index contributed by atoms with van der Waals surface area (Å²) in [6.07, 6.45) is 1.00. The van der Waals surface area contributed by atoms with Crippen LogP contribution in [0.3, 0.4) is 0 Å². The molecule has 4 N–H and O–H groups in total. The first-order valence-corrected chi connectivity index (χ1v) is 5.34. The van der Waals surface area contributed by atoms with Crippen LogP contribution in [0.1, 0.15) is 25.3 Å². The first-order chi connectivity index (χ1) is 7.50. The summed E-state index contributed by atoms with van der Waals surface area (Å²) in [6, 6.07) is 5.26. The summed E-state index contributed by atoms with van der Waals surface area (Å²) >= 11 is 0. The number of benzene rings is 1. The number of hydrogen-bond acceptors (Lipinski definition) is 3. The van der Waals surface area contributed by atoms with Gasteiger partial charge in [0.15, 0.2) is 0 Å². The third kappa shape index (κ3) is 3.55. The van der Waals surface area contributed by atoms with E-state index in [4.69, 9.17) is 5.73 Å². The summed E-state index contributed by atoms with van der Waals surface area (Å²) in [4.78, 5) is 11.5. The topological polar surface area (TPSA) is 75.4 Å². The lowest BCUT2D eigenvalue weighted by Crippen LogP contribution is -2.19. The molecular weight excluding hydrogens is 204 g/mol. The molecular formula is C12H18N2O2. The Morgan fingerprint density at radius 1 is 1.56 bits per heavy atom. The van der Waals surface area contributed by atoms with Crippen LogP contribution < -0.4 is 11.1 Å². The predicted octanol–water partition coefficient (Wildman–Crippen LogP) is 1.77. The van der Waals surface area contributed by atoms with Crippen molar-refractivity contribution in [3.8, 4) is 5.75 Å². The van der Waals surface area contributed by atoms with Gasteiger partial charge in [0.1, 0.15) is 5.75 Å². The third-order valence-electron chi connectivity index (χ3n) is 2.34. The van der Waals surface area contributed by atoms with Crippen molar-refractivity contribution in [2.75, 3.05) is 5.32 Å². The van der Waals surface area contributed by atoms with Crippen LogP contribution >= 0.6 is 0 Å². The minimum atomic E-state index is -0.127. The molecule has 0 heterocycles. The predicted molar refractivity (Wildman–Crippen MR) is 64.4 cm³/mol. The van der Waals surface area contributed by atoms with Crippen LogP contribution in [0.2, 0.25) is 0 Å². The molecule has 0 saturated carbocycles. The smallest absolute Gasteiger partial charge is 0.224 e. The summed E-state index contributed by atoms with van der Waals surface area (Å²) in [5.41, 5.74) is 6.75. The number of nitrogens with two attached hydrogens (primary N) is 1. The maximum absolute atomic E-state index is 11.5. The molecule has 4 heteroatoms. The first-order valence-electron chi connectivity index (χ1n) is 5.34. The molecule has 1 aromatic rings. The second kappa shape index (κ2) is 5.51. The molecule has 0 spiro atoms. The molecule has 0 bridgehead atoms. The van der Waals surface area contributed by atoms with Gasteiger partial charge < -0.3 is 16.2 Å². The summed E-state index contributed by atoms with van der Waals surface area (Å²) in [5, 5.41) is 12.3. The van der Waals surface area contributed by atoms with Crippen LogP contribution in [-0.4, -0.2) is 17.1 Å². The maximum atomic E-state index is 11.5. The van der Waals surface area contributed by atoms with Crippen molar-refractivity contribution < 1.29 is 9.90 Å². The molecule has 0 aliphatic rings. The van der Waals surface area contributed by atoms with Crippen LogP contribution in [0.15, 0.2) is 18.2 Å². The standard InChI is InChI=1S/C12H18N2O2/c1-8-4-3-5-10(12(8)16)14-11(15)7-6-9(2)13/h3-5,9,16H,6-7,13H2,1-2H3,(H,14,15). The molecule has 1 amide bonds. The zero-order valence-corrected chi connectivity index (χ0v) is 9.66. The molecule has 1 unspecified atom stereocenters. The zero-order chi connectivity index (χ0) is 12.1. The highest BCUT2D eigenvalue weighted by molar-refractivity contribution is 5.92. The second-order valence-corrected chi connectivity index (χ2v) is 4.04. The van der Waals surface area contributed by atoms with Gasteiger partial charge in [-0.3, -0.25) is 4.79 Å². The number of carbonyl (C=O) groups excluding carboxylic acids is 1. The number of aromatic hydroxyl groups is 1. The van der Waals surface area contributed by atoms with Gasteiger partial charge in [-0.2, -0.15) is 0 Å². The highest BCUT2D eigenvalue weighted by Crippen LogP contribution is 2.26. The van der Waals surface area contributed by atoms with E-state index in [-0.39, 0.29) is 17.7 Å². The molecule has 0 aromatic heterocycles. The van der Waals surface area contributed by atoms with Gasteiger partial charge in [0.25, 0.3) is 0 Å². The lowest BCUT2D eigenvalue weighted by Gasteiger charge is -2.09. The number of nitrogens with one attached hydrogen (secondary N) is 1. The summed E-state index contributed by atoms with van der Waals surface area (Å²) in [5.74, 6) is -0.00477. The molecule has 0 saturated heterocycles. The molecule has 0 aliphatic heterocycles. The Hall–Kier alpha value is -1.55. The molecule has 0 radical (unpaired) electrons. The van der Waals surface area contributed by atoms with Crippen molar-refractivity contribution in [3.63, 3.8) is 0 Å². The number of phenolic OH excluding ortho intramolecular Hbond substituents is 1. The van der Waals surface area contributed by atoms with Crippen LogP contribution in [0, 0.1) is 6.92 Å². The van der Waals surface area contributed by atoms with Gasteiger partial charge >= 0.3 is 0 Å². The van der Waals surface area contributed by atoms with E-state index in [1.807, 2.05) is 6.92 Å². The van der Waals surface area contributed by atoms with E-state index in [1.165, 1.54) is 0 Å². The van der Waals surface area contributed by atoms with Crippen LogP contribution in [0.4, 0.5) is 5.69 Å². The van der Waals surface area contributed by atoms with E-state index in [2.05, 4.69) is 5.32 Å². The fourth-order valence-corrected chi connectivity index (χ4v) is 1.33. The average Bonchev–Trinajstić information content (AvgIpc) is 2.22. The summed E-state index contributed by atoms with van der Waals surface area (Å²) in [6.45, 7) is 3.64. The summed E-state index contributed by atoms with van der Waals surface area (Å²) in [7, 11) is 0.